The van der Waals surface area contributed by atoms with Gasteiger partial charge in [-0.05, 0) is 18.2 Å². The zero-order chi connectivity index (χ0) is 18.0. The van der Waals surface area contributed by atoms with Crippen molar-refractivity contribution in [3.63, 3.8) is 0 Å². The first-order valence-electron chi connectivity index (χ1n) is 7.33. The van der Waals surface area contributed by atoms with Crippen LogP contribution in [0.1, 0.15) is 22.0 Å². The van der Waals surface area contributed by atoms with Crippen molar-refractivity contribution in [1.82, 2.24) is 9.97 Å². The molecule has 0 spiro atoms. The molecule has 2 N–H and O–H groups in total. The highest BCUT2D eigenvalue weighted by atomic mass is 19.4. The number of pyridine rings is 1. The van der Waals surface area contributed by atoms with Gasteiger partial charge in [-0.15, -0.1) is 0 Å². The van der Waals surface area contributed by atoms with Gasteiger partial charge in [0.05, 0.1) is 5.56 Å². The van der Waals surface area contributed by atoms with Gasteiger partial charge in [0.25, 0.3) is 5.91 Å². The summed E-state index contributed by atoms with van der Waals surface area (Å²) in [5, 5.41) is 3.12. The number of fused-ring (bicyclic) bond motifs is 1. The number of aromatic nitrogens is 2. The van der Waals surface area contributed by atoms with Crippen LogP contribution in [0.2, 0.25) is 0 Å². The number of rotatable bonds is 4. The molecule has 0 aliphatic rings. The van der Waals surface area contributed by atoms with Crippen LogP contribution in [0.15, 0.2) is 48.8 Å². The smallest absolute Gasteiger partial charge is 0.367 e. The Labute approximate surface area is 140 Å². The molecule has 25 heavy (non-hydrogen) atoms. The topological polar surface area (TPSA) is 67.0 Å². The highest BCUT2D eigenvalue weighted by molar-refractivity contribution is 6.12. The summed E-state index contributed by atoms with van der Waals surface area (Å²) in [5.41, 5.74) is 0.704. The second kappa shape index (κ2) is 6.56. The summed E-state index contributed by atoms with van der Waals surface area (Å²) in [4.78, 5) is 19.5. The Balaban J connectivity index is 1.96. The lowest BCUT2D eigenvalue weighted by Crippen LogP contribution is -2.24. The second-order valence-electron chi connectivity index (χ2n) is 5.30. The van der Waals surface area contributed by atoms with Gasteiger partial charge in [-0.25, -0.2) is 4.98 Å². The lowest BCUT2D eigenvalue weighted by Gasteiger charge is -2.22. The SMILES string of the molecule is COC(c1ccccc1NC(=O)c1ccnc2[nH]ccc12)C(F)(F)F. The number of amides is 1. The van der Waals surface area contributed by atoms with Gasteiger partial charge >= 0.3 is 6.18 Å². The Kier molecular flexibility index (Phi) is 4.45. The van der Waals surface area contributed by atoms with Gasteiger partial charge in [0.1, 0.15) is 5.65 Å². The predicted molar refractivity (Wildman–Crippen MR) is 86.3 cm³/mol. The minimum absolute atomic E-state index is 0.0390. The molecule has 130 valence electrons. The van der Waals surface area contributed by atoms with Crippen LogP contribution in [0.4, 0.5) is 18.9 Å². The van der Waals surface area contributed by atoms with E-state index in [1.165, 1.54) is 30.5 Å². The van der Waals surface area contributed by atoms with E-state index in [1.54, 1.807) is 18.3 Å². The molecule has 2 aromatic heterocycles. The summed E-state index contributed by atoms with van der Waals surface area (Å²) in [6, 6.07) is 8.86. The van der Waals surface area contributed by atoms with Crippen molar-refractivity contribution in [1.29, 1.82) is 0 Å². The Morgan fingerprint density at radius 1 is 1.24 bits per heavy atom. The third-order valence-corrected chi connectivity index (χ3v) is 3.73. The fourth-order valence-corrected chi connectivity index (χ4v) is 2.62. The monoisotopic (exact) mass is 349 g/mol. The number of aromatic amines is 1. The van der Waals surface area contributed by atoms with E-state index in [0.29, 0.717) is 16.6 Å². The van der Waals surface area contributed by atoms with E-state index in [2.05, 4.69) is 20.0 Å². The highest BCUT2D eigenvalue weighted by Gasteiger charge is 2.42. The minimum Gasteiger partial charge on any atom is -0.367 e. The lowest BCUT2D eigenvalue weighted by atomic mass is 10.1. The first-order valence-corrected chi connectivity index (χ1v) is 7.33. The molecule has 3 rings (SSSR count). The van der Waals surface area contributed by atoms with Gasteiger partial charge in [-0.1, -0.05) is 18.2 Å². The van der Waals surface area contributed by atoms with Gasteiger partial charge in [-0.2, -0.15) is 13.2 Å². The summed E-state index contributed by atoms with van der Waals surface area (Å²) >= 11 is 0. The van der Waals surface area contributed by atoms with Crippen molar-refractivity contribution in [2.75, 3.05) is 12.4 Å². The van der Waals surface area contributed by atoms with Crippen LogP contribution in [0.25, 0.3) is 11.0 Å². The first-order chi connectivity index (χ1) is 11.9. The van der Waals surface area contributed by atoms with Crippen LogP contribution in [0.3, 0.4) is 0 Å². The van der Waals surface area contributed by atoms with E-state index in [4.69, 9.17) is 0 Å². The number of nitrogens with one attached hydrogen (secondary N) is 2. The van der Waals surface area contributed by atoms with Crippen molar-refractivity contribution in [3.8, 4) is 0 Å². The molecular formula is C17H14F3N3O2. The highest BCUT2D eigenvalue weighted by Crippen LogP contribution is 2.38. The summed E-state index contributed by atoms with van der Waals surface area (Å²) in [6.45, 7) is 0. The third kappa shape index (κ3) is 3.34. The number of carbonyl (C=O) groups is 1. The van der Waals surface area contributed by atoms with E-state index >= 15 is 0 Å². The minimum atomic E-state index is -4.60. The molecule has 0 aliphatic carbocycles. The Morgan fingerprint density at radius 3 is 2.72 bits per heavy atom. The third-order valence-electron chi connectivity index (χ3n) is 3.73. The molecule has 2 heterocycles. The Hall–Kier alpha value is -2.87. The standard InChI is InChI=1S/C17H14F3N3O2/c1-25-14(17(18,19)20)12-4-2-3-5-13(12)23-16(24)11-7-9-22-15-10(11)6-8-21-15/h2-9,14H,1H3,(H,21,22)(H,23,24). The number of nitrogens with zero attached hydrogens (tertiary/aromatic N) is 1. The molecule has 8 heteroatoms. The molecule has 0 saturated heterocycles. The van der Waals surface area contributed by atoms with E-state index in [9.17, 15) is 18.0 Å². The van der Waals surface area contributed by atoms with Crippen LogP contribution in [-0.2, 0) is 4.74 Å². The lowest BCUT2D eigenvalue weighted by molar-refractivity contribution is -0.215. The fraction of sp³-hybridized carbons (Fsp3) is 0.176. The zero-order valence-corrected chi connectivity index (χ0v) is 13.1. The molecule has 0 radical (unpaired) electrons. The maximum absolute atomic E-state index is 13.2. The maximum Gasteiger partial charge on any atom is 0.418 e. The molecule has 0 bridgehead atoms. The van der Waals surface area contributed by atoms with Gasteiger partial charge in [0.2, 0.25) is 0 Å². The number of methoxy groups -OCH3 is 1. The molecule has 1 unspecified atom stereocenters. The average molecular weight is 349 g/mol. The fourth-order valence-electron chi connectivity index (χ4n) is 2.62. The van der Waals surface area contributed by atoms with Crippen molar-refractivity contribution >= 4 is 22.6 Å². The van der Waals surface area contributed by atoms with Crippen molar-refractivity contribution in [3.05, 3.63) is 59.9 Å². The Bertz CT molecular complexity index is 905. The largest absolute Gasteiger partial charge is 0.418 e. The van der Waals surface area contributed by atoms with Crippen LogP contribution in [-0.4, -0.2) is 29.2 Å². The van der Waals surface area contributed by atoms with Gasteiger partial charge < -0.3 is 15.0 Å². The molecule has 1 amide bonds. The number of carbonyl (C=O) groups excluding carboxylic acids is 1. The Morgan fingerprint density at radius 2 is 2.00 bits per heavy atom. The van der Waals surface area contributed by atoms with E-state index in [1.807, 2.05) is 0 Å². The van der Waals surface area contributed by atoms with Crippen molar-refractivity contribution < 1.29 is 22.7 Å². The zero-order valence-electron chi connectivity index (χ0n) is 13.1. The van der Waals surface area contributed by atoms with Crippen molar-refractivity contribution in [2.24, 2.45) is 0 Å². The second-order valence-corrected chi connectivity index (χ2v) is 5.30. The molecule has 5 nitrogen and oxygen atoms in total. The summed E-state index contributed by atoms with van der Waals surface area (Å²) in [6.07, 6.45) is -3.64. The molecule has 0 saturated carbocycles. The number of halogens is 3. The van der Waals surface area contributed by atoms with E-state index < -0.39 is 18.2 Å². The number of hydrogen-bond acceptors (Lipinski definition) is 3. The average Bonchev–Trinajstić information content (AvgIpc) is 3.04. The summed E-state index contributed by atoms with van der Waals surface area (Å²) < 4.78 is 44.1. The molecule has 3 aromatic rings. The van der Waals surface area contributed by atoms with Crippen LogP contribution in [0.5, 0.6) is 0 Å². The van der Waals surface area contributed by atoms with E-state index in [0.717, 1.165) is 7.11 Å². The number of anilines is 1. The summed E-state index contributed by atoms with van der Waals surface area (Å²) in [5.74, 6) is -0.531. The molecule has 1 aromatic carbocycles. The number of hydrogen-bond donors (Lipinski definition) is 2. The van der Waals surface area contributed by atoms with Gasteiger partial charge in [-0.3, -0.25) is 4.79 Å². The molecule has 0 aliphatic heterocycles. The number of benzene rings is 1. The van der Waals surface area contributed by atoms with Crippen LogP contribution < -0.4 is 5.32 Å². The van der Waals surface area contributed by atoms with Crippen LogP contribution >= 0.6 is 0 Å². The summed E-state index contributed by atoms with van der Waals surface area (Å²) in [7, 11) is 0.975. The molecule has 0 fully saturated rings. The normalized spacial score (nSPS) is 13.0. The maximum atomic E-state index is 13.2. The van der Waals surface area contributed by atoms with Gasteiger partial charge in [0, 0.05) is 36.1 Å². The van der Waals surface area contributed by atoms with Crippen molar-refractivity contribution in [2.45, 2.75) is 12.3 Å². The number of H-pyrrole nitrogens is 1. The number of ether oxygens (including phenoxy) is 1. The quantitative estimate of drug-likeness (QED) is 0.746. The molecule has 1 atom stereocenters. The first kappa shape index (κ1) is 17.0. The van der Waals surface area contributed by atoms with Crippen LogP contribution in [0, 0.1) is 0 Å². The van der Waals surface area contributed by atoms with Gasteiger partial charge in [0.15, 0.2) is 6.10 Å². The molecular weight excluding hydrogens is 335 g/mol. The van der Waals surface area contributed by atoms with E-state index in [-0.39, 0.29) is 11.3 Å². The predicted octanol–water partition coefficient (Wildman–Crippen LogP) is 4.07. The number of para-hydroxylation sites is 1. The number of alkyl halides is 3.